The van der Waals surface area contributed by atoms with Gasteiger partial charge in [0, 0.05) is 45.8 Å². The third-order valence-corrected chi connectivity index (χ3v) is 4.13. The summed E-state index contributed by atoms with van der Waals surface area (Å²) in [4.78, 5) is 32.4. The highest BCUT2D eigenvalue weighted by Crippen LogP contribution is 2.17. The number of imidazole rings is 1. The number of rotatable bonds is 7. The molecule has 1 aromatic carbocycles. The highest BCUT2D eigenvalue weighted by molar-refractivity contribution is 5.91. The van der Waals surface area contributed by atoms with Crippen molar-refractivity contribution in [3.05, 3.63) is 48.0 Å². The van der Waals surface area contributed by atoms with Crippen molar-refractivity contribution in [2.24, 2.45) is 7.05 Å². The van der Waals surface area contributed by atoms with E-state index in [4.69, 9.17) is 0 Å². The van der Waals surface area contributed by atoms with E-state index in [9.17, 15) is 9.59 Å². The zero-order chi connectivity index (χ0) is 19.1. The summed E-state index contributed by atoms with van der Waals surface area (Å²) < 4.78 is 1.90. The number of benzene rings is 1. The van der Waals surface area contributed by atoms with Gasteiger partial charge in [0.05, 0.1) is 13.0 Å². The van der Waals surface area contributed by atoms with Crippen LogP contribution in [0.4, 0.5) is 10.5 Å². The molecular formula is C19H27N5O2. The van der Waals surface area contributed by atoms with Gasteiger partial charge in [-0.05, 0) is 18.1 Å². The predicted molar refractivity (Wildman–Crippen MR) is 102 cm³/mol. The Morgan fingerprint density at radius 1 is 1.23 bits per heavy atom. The zero-order valence-electron chi connectivity index (χ0n) is 15.9. The molecule has 140 valence electrons. The van der Waals surface area contributed by atoms with Crippen molar-refractivity contribution in [1.29, 1.82) is 0 Å². The van der Waals surface area contributed by atoms with Crippen LogP contribution in [0.1, 0.15) is 24.7 Å². The Bertz CT molecular complexity index is 754. The van der Waals surface area contributed by atoms with Crippen molar-refractivity contribution >= 4 is 17.6 Å². The summed E-state index contributed by atoms with van der Waals surface area (Å²) in [5.74, 6) is 0.815. The molecular weight excluding hydrogens is 330 g/mol. The minimum Gasteiger partial charge on any atom is -0.349 e. The fourth-order valence-electron chi connectivity index (χ4n) is 2.55. The summed E-state index contributed by atoms with van der Waals surface area (Å²) >= 11 is 0. The van der Waals surface area contributed by atoms with Gasteiger partial charge in [0.2, 0.25) is 5.91 Å². The topological polar surface area (TPSA) is 70.5 Å². The third kappa shape index (κ3) is 5.08. The lowest BCUT2D eigenvalue weighted by molar-refractivity contribution is -0.127. The Morgan fingerprint density at radius 3 is 2.58 bits per heavy atom. The average Bonchev–Trinajstić information content (AvgIpc) is 3.01. The maximum atomic E-state index is 12.8. The molecule has 1 heterocycles. The largest absolute Gasteiger partial charge is 0.349 e. The molecule has 7 heteroatoms. The first-order valence-corrected chi connectivity index (χ1v) is 8.72. The number of nitrogens with zero attached hydrogens (tertiary/aromatic N) is 4. The summed E-state index contributed by atoms with van der Waals surface area (Å²) in [5.41, 5.74) is 1.46. The smallest absolute Gasteiger partial charge is 0.322 e. The Hall–Kier alpha value is -2.83. The predicted octanol–water partition coefficient (Wildman–Crippen LogP) is 2.49. The summed E-state index contributed by atoms with van der Waals surface area (Å²) in [7, 11) is 5.35. The van der Waals surface area contributed by atoms with Gasteiger partial charge in [-0.1, -0.05) is 25.1 Å². The van der Waals surface area contributed by atoms with Gasteiger partial charge < -0.3 is 19.7 Å². The number of aromatic nitrogens is 2. The van der Waals surface area contributed by atoms with Crippen LogP contribution in [-0.4, -0.2) is 51.9 Å². The fraction of sp³-hybridized carbons (Fsp3) is 0.421. The minimum atomic E-state index is -0.195. The molecule has 0 saturated heterocycles. The van der Waals surface area contributed by atoms with E-state index in [-0.39, 0.29) is 18.4 Å². The van der Waals surface area contributed by atoms with Gasteiger partial charge in [0.15, 0.2) is 0 Å². The van der Waals surface area contributed by atoms with Crippen LogP contribution in [0.5, 0.6) is 0 Å². The number of amides is 3. The molecule has 7 nitrogen and oxygen atoms in total. The van der Waals surface area contributed by atoms with Crippen molar-refractivity contribution in [3.8, 4) is 0 Å². The Labute approximate surface area is 154 Å². The van der Waals surface area contributed by atoms with Crippen molar-refractivity contribution in [2.45, 2.75) is 26.3 Å². The van der Waals surface area contributed by atoms with Gasteiger partial charge in [-0.2, -0.15) is 0 Å². The summed E-state index contributed by atoms with van der Waals surface area (Å²) in [6.45, 7) is 3.09. The van der Waals surface area contributed by atoms with E-state index >= 15 is 0 Å². The number of carbonyl (C=O) groups excluding carboxylic acids is 2. The lowest BCUT2D eigenvalue weighted by atomic mass is 10.1. The SMILES string of the molecule is CCCN(Cc1nccn1C)C(=O)Nc1ccccc1CC(=O)N(C)C. The van der Waals surface area contributed by atoms with Crippen molar-refractivity contribution < 1.29 is 9.59 Å². The molecule has 0 aliphatic rings. The van der Waals surface area contributed by atoms with Crippen LogP contribution in [0.25, 0.3) is 0 Å². The van der Waals surface area contributed by atoms with Gasteiger partial charge in [-0.3, -0.25) is 4.79 Å². The molecule has 0 atom stereocenters. The second kappa shape index (κ2) is 9.03. The summed E-state index contributed by atoms with van der Waals surface area (Å²) in [6, 6.07) is 7.20. The van der Waals surface area contributed by atoms with Crippen molar-refractivity contribution in [2.75, 3.05) is 26.0 Å². The highest BCUT2D eigenvalue weighted by atomic mass is 16.2. The fourth-order valence-corrected chi connectivity index (χ4v) is 2.55. The number of hydrogen-bond donors (Lipinski definition) is 1. The molecule has 0 fully saturated rings. The lowest BCUT2D eigenvalue weighted by Crippen LogP contribution is -2.36. The van der Waals surface area contributed by atoms with Gasteiger partial charge in [-0.25, -0.2) is 9.78 Å². The van der Waals surface area contributed by atoms with E-state index in [1.54, 1.807) is 30.1 Å². The zero-order valence-corrected chi connectivity index (χ0v) is 15.9. The van der Waals surface area contributed by atoms with Gasteiger partial charge in [0.1, 0.15) is 5.82 Å². The number of likely N-dealkylation sites (N-methyl/N-ethyl adjacent to an activating group) is 1. The van der Waals surface area contributed by atoms with E-state index in [2.05, 4.69) is 10.3 Å². The van der Waals surface area contributed by atoms with Crippen LogP contribution >= 0.6 is 0 Å². The van der Waals surface area contributed by atoms with E-state index in [0.717, 1.165) is 17.8 Å². The Balaban J connectivity index is 2.13. The van der Waals surface area contributed by atoms with E-state index in [0.29, 0.717) is 18.8 Å². The molecule has 0 aliphatic carbocycles. The highest BCUT2D eigenvalue weighted by Gasteiger charge is 2.17. The molecule has 0 unspecified atom stereocenters. The van der Waals surface area contributed by atoms with Crippen molar-refractivity contribution in [1.82, 2.24) is 19.4 Å². The Kier molecular flexibility index (Phi) is 6.77. The molecule has 26 heavy (non-hydrogen) atoms. The van der Waals surface area contributed by atoms with Gasteiger partial charge >= 0.3 is 6.03 Å². The summed E-state index contributed by atoms with van der Waals surface area (Å²) in [5, 5.41) is 2.95. The van der Waals surface area contributed by atoms with Gasteiger partial charge in [0.25, 0.3) is 0 Å². The molecule has 0 saturated carbocycles. The molecule has 2 aromatic rings. The van der Waals surface area contributed by atoms with E-state index in [1.807, 2.05) is 49.0 Å². The third-order valence-electron chi connectivity index (χ3n) is 4.13. The number of hydrogen-bond acceptors (Lipinski definition) is 3. The molecule has 0 spiro atoms. The second-order valence-corrected chi connectivity index (χ2v) is 6.43. The van der Waals surface area contributed by atoms with Crippen LogP contribution < -0.4 is 5.32 Å². The van der Waals surface area contributed by atoms with Gasteiger partial charge in [-0.15, -0.1) is 0 Å². The Morgan fingerprint density at radius 2 is 1.96 bits per heavy atom. The number of nitrogens with one attached hydrogen (secondary N) is 1. The number of para-hydroxylation sites is 1. The molecule has 1 N–H and O–H groups in total. The molecule has 2 rings (SSSR count). The maximum absolute atomic E-state index is 12.8. The van der Waals surface area contributed by atoms with Crippen LogP contribution in [-0.2, 0) is 24.8 Å². The van der Waals surface area contributed by atoms with E-state index < -0.39 is 0 Å². The first kappa shape index (κ1) is 19.5. The molecule has 0 radical (unpaired) electrons. The van der Waals surface area contributed by atoms with E-state index in [1.165, 1.54) is 0 Å². The maximum Gasteiger partial charge on any atom is 0.322 e. The normalized spacial score (nSPS) is 10.5. The first-order valence-electron chi connectivity index (χ1n) is 8.72. The number of urea groups is 1. The van der Waals surface area contributed by atoms with Crippen LogP contribution in [0.15, 0.2) is 36.7 Å². The van der Waals surface area contributed by atoms with Crippen LogP contribution in [0.3, 0.4) is 0 Å². The lowest BCUT2D eigenvalue weighted by Gasteiger charge is -2.23. The molecule has 1 aromatic heterocycles. The van der Waals surface area contributed by atoms with Crippen molar-refractivity contribution in [3.63, 3.8) is 0 Å². The second-order valence-electron chi connectivity index (χ2n) is 6.43. The average molecular weight is 357 g/mol. The number of anilines is 1. The number of carbonyl (C=O) groups is 2. The van der Waals surface area contributed by atoms with Crippen LogP contribution in [0, 0.1) is 0 Å². The molecule has 0 aliphatic heterocycles. The first-order chi connectivity index (χ1) is 12.4. The minimum absolute atomic E-state index is 0.00914. The molecule has 0 bridgehead atoms. The molecule has 3 amide bonds. The standard InChI is InChI=1S/C19H27N5O2/c1-5-11-24(14-17-20-10-12-23(17)4)19(26)21-16-9-7-6-8-15(16)13-18(25)22(2)3/h6-10,12H,5,11,13-14H2,1-4H3,(H,21,26). The monoisotopic (exact) mass is 357 g/mol. The quantitative estimate of drug-likeness (QED) is 0.828. The van der Waals surface area contributed by atoms with Crippen LogP contribution in [0.2, 0.25) is 0 Å². The summed E-state index contributed by atoms with van der Waals surface area (Å²) in [6.07, 6.45) is 4.67. The number of aryl methyl sites for hydroxylation is 1.